The number of fused-ring (bicyclic) bond motifs is 1. The van der Waals surface area contributed by atoms with Crippen LogP contribution in [0.4, 0.5) is 17.6 Å². The van der Waals surface area contributed by atoms with Crippen LogP contribution >= 0.6 is 0 Å². The van der Waals surface area contributed by atoms with Crippen molar-refractivity contribution < 1.29 is 74.4 Å². The van der Waals surface area contributed by atoms with Gasteiger partial charge in [-0.25, -0.2) is 22.4 Å². The van der Waals surface area contributed by atoms with Gasteiger partial charge >= 0.3 is 5.69 Å². The van der Waals surface area contributed by atoms with Gasteiger partial charge in [0.25, 0.3) is 5.56 Å². The second kappa shape index (κ2) is 36.1. The smallest absolute Gasteiger partial charge is 0.350 e. The number of aromatic nitrogens is 3. The molecule has 5 aliphatic heterocycles. The summed E-state index contributed by atoms with van der Waals surface area (Å²) < 4.78 is 131. The van der Waals surface area contributed by atoms with Gasteiger partial charge in [-0.05, 0) is 153 Å². The van der Waals surface area contributed by atoms with Crippen molar-refractivity contribution in [2.45, 2.75) is 265 Å². The monoisotopic (exact) mass is 1300 g/mol. The lowest BCUT2D eigenvalue weighted by molar-refractivity contribution is -0.0990. The minimum Gasteiger partial charge on any atom is -0.376 e. The van der Waals surface area contributed by atoms with E-state index in [1.54, 1.807) is 48.5 Å². The topological polar surface area (TPSA) is 171 Å². The number of nitrogens with zero attached hydrogens (tertiary/aromatic N) is 4. The molecule has 5 aliphatic rings. The summed E-state index contributed by atoms with van der Waals surface area (Å²) in [7, 11) is 0. The average molecular weight is 1300 g/mol. The Morgan fingerprint density at radius 3 is 1.33 bits per heavy atom. The Bertz CT molecular complexity index is 3020. The van der Waals surface area contributed by atoms with E-state index in [2.05, 4.69) is 11.6 Å². The first-order valence-electron chi connectivity index (χ1n) is 32.4. The van der Waals surface area contributed by atoms with Crippen molar-refractivity contribution in [1.82, 2.24) is 19.0 Å². The zero-order valence-corrected chi connectivity index (χ0v) is 56.7. The number of hydrogen-bond donors (Lipinski definition) is 0. The number of hydrogen-bond acceptors (Lipinski definition) is 16. The molecule has 4 saturated heterocycles. The van der Waals surface area contributed by atoms with Gasteiger partial charge in [-0.2, -0.15) is 4.98 Å². The van der Waals surface area contributed by atoms with E-state index in [1.807, 2.05) is 165 Å². The summed E-state index contributed by atoms with van der Waals surface area (Å²) in [5, 5.41) is 0.788. The van der Waals surface area contributed by atoms with Gasteiger partial charge < -0.3 is 61.7 Å². The Hall–Kier alpha value is -5.21. The maximum absolute atomic E-state index is 15.4. The van der Waals surface area contributed by atoms with Crippen molar-refractivity contribution >= 4 is 10.9 Å². The van der Waals surface area contributed by atoms with Crippen molar-refractivity contribution in [2.24, 2.45) is 0 Å². The van der Waals surface area contributed by atoms with Gasteiger partial charge in [0.2, 0.25) is 0 Å². The number of aryl methyl sites for hydroxylation is 1. The molecule has 0 bridgehead atoms. The Morgan fingerprint density at radius 1 is 0.478 bits per heavy atom. The number of alkyl halides is 4. The normalized spacial score (nSPS) is 28.8. The molecule has 2 aromatic heterocycles. The van der Waals surface area contributed by atoms with E-state index >= 15 is 4.39 Å². The van der Waals surface area contributed by atoms with Crippen molar-refractivity contribution in [1.29, 1.82) is 0 Å². The maximum atomic E-state index is 15.4. The summed E-state index contributed by atoms with van der Waals surface area (Å²) in [4.78, 5) is 30.3. The summed E-state index contributed by atoms with van der Waals surface area (Å²) in [6.07, 6.45) is -5.07. The van der Waals surface area contributed by atoms with Gasteiger partial charge in [-0.15, -0.1) is 0 Å². The quantitative estimate of drug-likeness (QED) is 0.0606. The standard InChI is InChI=1S/C20H27FN2O4.C17H26FNO3.C17H25FO3.C16H24FNO4/c1-11(2)25-10-16-18(26-12(3)4)17(21)19(27-16)23-15-9-7-6-8-14(15)13(5)22-20(23)24;1-11(2)20-10-14-16(21-12(3)4)15(18)17(22-14)19-8-6-13(5)7-9-19;1-11(2)19-10-14-17(20-12(3)4)15(18)16(21-14)13-8-6-5-7-9-13;1-10(2)20-9-12-15(21-11(3)4)14(17)16(22-12)18-8-6-5-7-13(18)19/h6-9,11-12,16-19H,10H2,1-5H3;6-9,11-12,14-17H,5,10H2,1-4H3;5-9,11-12,14-17H,10H2,1-4H3;5-8,10-12,14-16H,9H2,1-4H3/t16-,17-,18-,19-;14-,15-,16-,17-;14-,15+,16+,17-;12-,14-,15-,16-/m1111/s1. The van der Waals surface area contributed by atoms with Crippen molar-refractivity contribution in [2.75, 3.05) is 26.4 Å². The van der Waals surface area contributed by atoms with Crippen LogP contribution < -0.4 is 11.2 Å². The molecule has 7 heterocycles. The van der Waals surface area contributed by atoms with Crippen molar-refractivity contribution in [3.05, 3.63) is 148 Å². The fourth-order valence-electron chi connectivity index (χ4n) is 10.9. The first-order valence-corrected chi connectivity index (χ1v) is 32.4. The van der Waals surface area contributed by atoms with E-state index in [1.165, 1.54) is 21.4 Å². The Kier molecular flexibility index (Phi) is 29.7. The van der Waals surface area contributed by atoms with Crippen LogP contribution in [-0.2, 0) is 56.8 Å². The minimum absolute atomic E-state index is 0.0138. The molecule has 0 radical (unpaired) electrons. The van der Waals surface area contributed by atoms with Crippen LogP contribution in [0.3, 0.4) is 0 Å². The van der Waals surface area contributed by atoms with Crippen LogP contribution in [0.15, 0.2) is 125 Å². The van der Waals surface area contributed by atoms with E-state index in [-0.39, 0.29) is 73.7 Å². The molecule has 9 rings (SSSR count). The molecule has 0 aliphatic carbocycles. The highest BCUT2D eigenvalue weighted by Gasteiger charge is 2.51. The van der Waals surface area contributed by atoms with E-state index in [0.29, 0.717) is 24.4 Å². The lowest BCUT2D eigenvalue weighted by atomic mass is 10.0. The summed E-state index contributed by atoms with van der Waals surface area (Å²) in [6, 6.07) is 21.4. The van der Waals surface area contributed by atoms with Gasteiger partial charge in [0, 0.05) is 30.0 Å². The molecule has 0 unspecified atom stereocenters. The second-order valence-electron chi connectivity index (χ2n) is 25.6. The van der Waals surface area contributed by atoms with Gasteiger partial charge in [-0.3, -0.25) is 13.9 Å². The highest BCUT2D eigenvalue weighted by atomic mass is 19.1. The van der Waals surface area contributed by atoms with E-state index in [0.717, 1.165) is 16.5 Å². The average Bonchev–Trinajstić information content (AvgIpc) is 1.46. The summed E-state index contributed by atoms with van der Waals surface area (Å²) in [6.45, 7) is 37.1. The van der Waals surface area contributed by atoms with Crippen LogP contribution in [0.1, 0.15) is 141 Å². The fraction of sp³-hybridized carbons (Fsp3) is 0.643. The molecule has 0 amide bonds. The molecule has 0 spiro atoms. The lowest BCUT2D eigenvalue weighted by Crippen LogP contribution is -2.39. The van der Waals surface area contributed by atoms with Crippen molar-refractivity contribution in [3.8, 4) is 0 Å². The maximum Gasteiger partial charge on any atom is 0.350 e. The molecule has 4 aromatic rings. The third-order valence-electron chi connectivity index (χ3n) is 14.9. The van der Waals surface area contributed by atoms with Crippen LogP contribution in [0.2, 0.25) is 0 Å². The Morgan fingerprint density at radius 2 is 0.870 bits per heavy atom. The summed E-state index contributed by atoms with van der Waals surface area (Å²) in [5.74, 6) is 0. The number of pyridine rings is 1. The molecule has 514 valence electrons. The summed E-state index contributed by atoms with van der Waals surface area (Å²) >= 11 is 0. The minimum atomic E-state index is -1.52. The molecule has 22 heteroatoms. The van der Waals surface area contributed by atoms with Crippen LogP contribution in [0.25, 0.3) is 10.9 Å². The third kappa shape index (κ3) is 21.4. The van der Waals surface area contributed by atoms with Crippen LogP contribution in [-0.4, -0.2) is 174 Å². The number of halogens is 4. The Balaban J connectivity index is 0.000000196. The molecule has 18 nitrogen and oxygen atoms in total. The molecule has 16 atom stereocenters. The number of para-hydroxylation sites is 1. The molecular weight excluding hydrogens is 1200 g/mol. The Labute approximate surface area is 541 Å². The second-order valence-corrected chi connectivity index (χ2v) is 25.6. The first-order chi connectivity index (χ1) is 43.6. The lowest BCUT2D eigenvalue weighted by Gasteiger charge is -2.27. The molecule has 0 saturated carbocycles. The van der Waals surface area contributed by atoms with Gasteiger partial charge in [0.1, 0.15) is 54.9 Å². The molecule has 0 N–H and O–H groups in total. The number of rotatable bonds is 24. The number of allylic oxidation sites excluding steroid dienone is 3. The summed E-state index contributed by atoms with van der Waals surface area (Å²) in [5.41, 5.74) is 2.08. The van der Waals surface area contributed by atoms with Crippen LogP contribution in [0, 0.1) is 6.92 Å². The fourth-order valence-corrected chi connectivity index (χ4v) is 10.9. The predicted octanol–water partition coefficient (Wildman–Crippen LogP) is 12.3. The van der Waals surface area contributed by atoms with Gasteiger partial charge in [-0.1, -0.05) is 61.2 Å². The van der Waals surface area contributed by atoms with Gasteiger partial charge in [0.15, 0.2) is 43.4 Å². The third-order valence-corrected chi connectivity index (χ3v) is 14.9. The number of ether oxygens (including phenoxy) is 12. The molecule has 2 aromatic carbocycles. The predicted molar refractivity (Wildman–Crippen MR) is 345 cm³/mol. The van der Waals surface area contributed by atoms with E-state index in [9.17, 15) is 22.8 Å². The highest BCUT2D eigenvalue weighted by molar-refractivity contribution is 5.81. The molecule has 92 heavy (non-hydrogen) atoms. The van der Waals surface area contributed by atoms with Crippen molar-refractivity contribution in [3.63, 3.8) is 0 Å². The SMILES string of the molecule is C=C1C=CN([C@@H]2O[C@H](COC(C)C)[C@@H](OC(C)C)[C@H]2F)C=C1.CC(C)OC[C@H]1O[C@@H](c2ccccc2)[C@H](F)[C@@H]1OC(C)C.CC(C)OC[C@H]1O[C@@H](n2ccccc2=O)[C@H](F)[C@@H]1OC(C)C.Cc1nc(=O)n([C@@H]2O[C@H](COC(C)C)[C@@H](OC(C)C)[C@H]2F)c2ccccc12. The van der Waals surface area contributed by atoms with Gasteiger partial charge in [0.05, 0.1) is 86.5 Å². The zero-order valence-electron chi connectivity index (χ0n) is 56.7. The first kappa shape index (κ1) is 75.8. The van der Waals surface area contributed by atoms with E-state index in [4.69, 9.17) is 56.8 Å². The molecule has 4 fully saturated rings. The number of benzene rings is 2. The molecular formula is C70H102F4N4O14. The van der Waals surface area contributed by atoms with E-state index < -0.39 is 97.9 Å². The van der Waals surface area contributed by atoms with Crippen LogP contribution in [0.5, 0.6) is 0 Å². The largest absolute Gasteiger partial charge is 0.376 e. The highest BCUT2D eigenvalue weighted by Crippen LogP contribution is 2.40. The zero-order chi connectivity index (χ0) is 67.7.